The zero-order chi connectivity index (χ0) is 11.2. The van der Waals surface area contributed by atoms with E-state index < -0.39 is 0 Å². The normalized spacial score (nSPS) is 17.4. The lowest BCUT2D eigenvalue weighted by Crippen LogP contribution is -1.98. The third-order valence-corrected chi connectivity index (χ3v) is 4.57. The van der Waals surface area contributed by atoms with E-state index in [2.05, 4.69) is 43.1 Å². The van der Waals surface area contributed by atoms with Gasteiger partial charge in [-0.1, -0.05) is 31.2 Å². The van der Waals surface area contributed by atoms with Gasteiger partial charge in [-0.3, -0.25) is 0 Å². The van der Waals surface area contributed by atoms with E-state index in [0.717, 1.165) is 5.69 Å². The van der Waals surface area contributed by atoms with Crippen LogP contribution >= 0.6 is 11.3 Å². The fourth-order valence-corrected chi connectivity index (χ4v) is 2.89. The predicted molar refractivity (Wildman–Crippen MR) is 68.9 cm³/mol. The van der Waals surface area contributed by atoms with Gasteiger partial charge < -0.3 is 0 Å². The molecule has 0 N–H and O–H groups in total. The molecule has 82 valence electrons. The Morgan fingerprint density at radius 3 is 2.38 bits per heavy atom. The second kappa shape index (κ2) is 3.42. The van der Waals surface area contributed by atoms with Crippen molar-refractivity contribution in [3.05, 3.63) is 41.0 Å². The summed E-state index contributed by atoms with van der Waals surface area (Å²) >= 11 is 1.72. The van der Waals surface area contributed by atoms with Crippen molar-refractivity contribution >= 4 is 11.3 Å². The Hall–Kier alpha value is -1.15. The molecule has 1 aromatic carbocycles. The standard InChI is InChI=1S/C14H15NS/c1-10-13(16-9-15-10)11-3-5-12(6-4-11)14(2)7-8-14/h3-6,9H,7-8H2,1-2H3. The molecule has 0 bridgehead atoms. The molecular weight excluding hydrogens is 214 g/mol. The lowest BCUT2D eigenvalue weighted by Gasteiger charge is -2.09. The van der Waals surface area contributed by atoms with Gasteiger partial charge in [0.15, 0.2) is 0 Å². The number of aryl methyl sites for hydroxylation is 1. The number of nitrogens with zero attached hydrogens (tertiary/aromatic N) is 1. The highest BCUT2D eigenvalue weighted by atomic mass is 32.1. The quantitative estimate of drug-likeness (QED) is 0.753. The van der Waals surface area contributed by atoms with Crippen molar-refractivity contribution < 1.29 is 0 Å². The summed E-state index contributed by atoms with van der Waals surface area (Å²) in [4.78, 5) is 5.59. The maximum absolute atomic E-state index is 4.30. The highest BCUT2D eigenvalue weighted by molar-refractivity contribution is 7.13. The molecule has 0 saturated heterocycles. The van der Waals surface area contributed by atoms with Crippen LogP contribution in [0.4, 0.5) is 0 Å². The first-order valence-electron chi connectivity index (χ1n) is 5.70. The van der Waals surface area contributed by atoms with Crippen LogP contribution in [0.15, 0.2) is 29.8 Å². The summed E-state index contributed by atoms with van der Waals surface area (Å²) in [6.07, 6.45) is 2.68. The SMILES string of the molecule is Cc1ncsc1-c1ccc(C2(C)CC2)cc1. The number of aromatic nitrogens is 1. The summed E-state index contributed by atoms with van der Waals surface area (Å²) in [6.45, 7) is 4.42. The van der Waals surface area contributed by atoms with Crippen molar-refractivity contribution in [2.45, 2.75) is 32.1 Å². The summed E-state index contributed by atoms with van der Waals surface area (Å²) < 4.78 is 0. The van der Waals surface area contributed by atoms with Crippen LogP contribution in [-0.4, -0.2) is 4.98 Å². The van der Waals surface area contributed by atoms with E-state index in [1.165, 1.54) is 28.8 Å². The van der Waals surface area contributed by atoms with Crippen LogP contribution in [0.2, 0.25) is 0 Å². The first kappa shape index (κ1) is 10.0. The molecule has 2 heteroatoms. The van der Waals surface area contributed by atoms with E-state index in [1.54, 1.807) is 11.3 Å². The minimum Gasteiger partial charge on any atom is -0.249 e. The average molecular weight is 229 g/mol. The van der Waals surface area contributed by atoms with Crippen molar-refractivity contribution in [2.24, 2.45) is 0 Å². The molecule has 0 atom stereocenters. The van der Waals surface area contributed by atoms with Crippen molar-refractivity contribution in [3.63, 3.8) is 0 Å². The zero-order valence-corrected chi connectivity index (χ0v) is 10.5. The molecule has 1 heterocycles. The van der Waals surface area contributed by atoms with E-state index in [-0.39, 0.29) is 0 Å². The second-order valence-electron chi connectivity index (χ2n) is 4.90. The van der Waals surface area contributed by atoms with Gasteiger partial charge in [-0.2, -0.15) is 0 Å². The molecule has 0 radical (unpaired) electrons. The Morgan fingerprint density at radius 2 is 1.88 bits per heavy atom. The van der Waals surface area contributed by atoms with Crippen LogP contribution in [0.5, 0.6) is 0 Å². The van der Waals surface area contributed by atoms with E-state index in [9.17, 15) is 0 Å². The molecule has 0 amide bonds. The monoisotopic (exact) mass is 229 g/mol. The molecule has 1 saturated carbocycles. The van der Waals surface area contributed by atoms with Gasteiger partial charge in [-0.15, -0.1) is 11.3 Å². The first-order chi connectivity index (χ1) is 7.69. The van der Waals surface area contributed by atoms with E-state index in [0.29, 0.717) is 5.41 Å². The zero-order valence-electron chi connectivity index (χ0n) is 9.66. The van der Waals surface area contributed by atoms with Crippen molar-refractivity contribution in [3.8, 4) is 10.4 Å². The van der Waals surface area contributed by atoms with Crippen LogP contribution < -0.4 is 0 Å². The predicted octanol–water partition coefficient (Wildman–Crippen LogP) is 4.17. The number of thiazole rings is 1. The van der Waals surface area contributed by atoms with Gasteiger partial charge in [0, 0.05) is 0 Å². The lowest BCUT2D eigenvalue weighted by atomic mass is 9.97. The lowest BCUT2D eigenvalue weighted by molar-refractivity contribution is 0.788. The van der Waals surface area contributed by atoms with Gasteiger partial charge in [-0.25, -0.2) is 4.98 Å². The topological polar surface area (TPSA) is 12.9 Å². The molecule has 1 aliphatic carbocycles. The number of hydrogen-bond acceptors (Lipinski definition) is 2. The average Bonchev–Trinajstić information content (AvgIpc) is 2.90. The molecule has 2 aromatic rings. The molecule has 1 aromatic heterocycles. The van der Waals surface area contributed by atoms with E-state index in [1.807, 2.05) is 5.51 Å². The third-order valence-electron chi connectivity index (χ3n) is 3.59. The molecule has 1 aliphatic rings. The van der Waals surface area contributed by atoms with Gasteiger partial charge in [0.2, 0.25) is 0 Å². The Morgan fingerprint density at radius 1 is 1.19 bits per heavy atom. The highest BCUT2D eigenvalue weighted by Gasteiger charge is 2.38. The Kier molecular flexibility index (Phi) is 2.15. The smallest absolute Gasteiger partial charge is 0.0801 e. The molecule has 3 rings (SSSR count). The van der Waals surface area contributed by atoms with Crippen LogP contribution in [0.25, 0.3) is 10.4 Å². The second-order valence-corrected chi connectivity index (χ2v) is 5.76. The van der Waals surface area contributed by atoms with Crippen molar-refractivity contribution in [1.82, 2.24) is 4.98 Å². The van der Waals surface area contributed by atoms with E-state index >= 15 is 0 Å². The minimum absolute atomic E-state index is 0.473. The molecule has 0 unspecified atom stereocenters. The fourth-order valence-electron chi connectivity index (χ4n) is 2.08. The number of benzene rings is 1. The van der Waals surface area contributed by atoms with Crippen LogP contribution in [0.3, 0.4) is 0 Å². The molecule has 16 heavy (non-hydrogen) atoms. The molecule has 1 fully saturated rings. The van der Waals surface area contributed by atoms with Crippen LogP contribution in [0.1, 0.15) is 31.0 Å². The molecule has 1 nitrogen and oxygen atoms in total. The summed E-state index contributed by atoms with van der Waals surface area (Å²) in [5.41, 5.74) is 6.31. The number of hydrogen-bond donors (Lipinski definition) is 0. The minimum atomic E-state index is 0.473. The third kappa shape index (κ3) is 1.57. The largest absolute Gasteiger partial charge is 0.249 e. The Labute approximate surface area is 100 Å². The maximum atomic E-state index is 4.30. The molecule has 0 spiro atoms. The number of rotatable bonds is 2. The summed E-state index contributed by atoms with van der Waals surface area (Å²) in [5.74, 6) is 0. The van der Waals surface area contributed by atoms with Crippen molar-refractivity contribution in [1.29, 1.82) is 0 Å². The first-order valence-corrected chi connectivity index (χ1v) is 6.58. The van der Waals surface area contributed by atoms with Gasteiger partial charge in [0.1, 0.15) is 0 Å². The van der Waals surface area contributed by atoms with Crippen LogP contribution in [0, 0.1) is 6.92 Å². The Bertz CT molecular complexity index is 506. The van der Waals surface area contributed by atoms with Gasteiger partial charge in [0.05, 0.1) is 16.1 Å². The summed E-state index contributed by atoms with van der Waals surface area (Å²) in [5, 5.41) is 0. The van der Waals surface area contributed by atoms with Gasteiger partial charge in [-0.05, 0) is 36.3 Å². The van der Waals surface area contributed by atoms with Gasteiger partial charge in [0.25, 0.3) is 0 Å². The summed E-state index contributed by atoms with van der Waals surface area (Å²) in [7, 11) is 0. The fraction of sp³-hybridized carbons (Fsp3) is 0.357. The van der Waals surface area contributed by atoms with Crippen molar-refractivity contribution in [2.75, 3.05) is 0 Å². The highest BCUT2D eigenvalue weighted by Crippen LogP contribution is 2.47. The van der Waals surface area contributed by atoms with Crippen LogP contribution in [-0.2, 0) is 5.41 Å². The van der Waals surface area contributed by atoms with Gasteiger partial charge >= 0.3 is 0 Å². The summed E-state index contributed by atoms with van der Waals surface area (Å²) in [6, 6.07) is 9.03. The Balaban J connectivity index is 1.96. The molecule has 0 aliphatic heterocycles. The molecular formula is C14H15NS. The maximum Gasteiger partial charge on any atom is 0.0801 e. The van der Waals surface area contributed by atoms with E-state index in [4.69, 9.17) is 0 Å².